The first-order valence-electron chi connectivity index (χ1n) is 6.95. The van der Waals surface area contributed by atoms with Crippen molar-refractivity contribution in [2.24, 2.45) is 7.05 Å². The van der Waals surface area contributed by atoms with Crippen LogP contribution in [0, 0.1) is 6.92 Å². The van der Waals surface area contributed by atoms with Crippen molar-refractivity contribution in [2.75, 3.05) is 13.1 Å². The van der Waals surface area contributed by atoms with E-state index in [0.29, 0.717) is 27.2 Å². The Balaban J connectivity index is 2.19. The summed E-state index contributed by atoms with van der Waals surface area (Å²) >= 11 is 1.16. The van der Waals surface area contributed by atoms with E-state index in [-0.39, 0.29) is 23.9 Å². The highest BCUT2D eigenvalue weighted by atomic mass is 32.1. The third kappa shape index (κ3) is 3.16. The molecule has 2 N–H and O–H groups in total. The largest absolute Gasteiger partial charge is 0.355 e. The highest BCUT2D eigenvalue weighted by Crippen LogP contribution is 2.26. The number of amides is 2. The number of hydrogen-bond acceptors (Lipinski definition) is 5. The Bertz CT molecular complexity index is 778. The van der Waals surface area contributed by atoms with Gasteiger partial charge in [-0.1, -0.05) is 6.92 Å². The predicted octanol–water partition coefficient (Wildman–Crippen LogP) is 0.559. The van der Waals surface area contributed by atoms with Gasteiger partial charge in [0.2, 0.25) is 5.91 Å². The Morgan fingerprint density at radius 1 is 1.36 bits per heavy atom. The molecular formula is C14H18N4O3S. The van der Waals surface area contributed by atoms with Gasteiger partial charge in [-0.25, -0.2) is 4.98 Å². The zero-order valence-electron chi connectivity index (χ0n) is 12.7. The fourth-order valence-corrected chi connectivity index (χ4v) is 3.05. The molecule has 0 saturated carbocycles. The number of rotatable bonds is 5. The van der Waals surface area contributed by atoms with Crippen molar-refractivity contribution >= 4 is 33.4 Å². The second-order valence-corrected chi connectivity index (χ2v) is 5.93. The molecule has 0 atom stereocenters. The molecule has 0 fully saturated rings. The summed E-state index contributed by atoms with van der Waals surface area (Å²) in [5.74, 6) is -0.600. The quantitative estimate of drug-likeness (QED) is 0.841. The summed E-state index contributed by atoms with van der Waals surface area (Å²) in [6.07, 6.45) is 2.27. The van der Waals surface area contributed by atoms with Crippen molar-refractivity contribution in [3.8, 4) is 0 Å². The van der Waals surface area contributed by atoms with E-state index in [2.05, 4.69) is 15.6 Å². The average molecular weight is 322 g/mol. The van der Waals surface area contributed by atoms with Crippen molar-refractivity contribution in [3.05, 3.63) is 27.1 Å². The van der Waals surface area contributed by atoms with E-state index in [4.69, 9.17) is 0 Å². The molecule has 118 valence electrons. The lowest BCUT2D eigenvalue weighted by atomic mass is 10.2. The molecule has 0 unspecified atom stereocenters. The number of nitrogens with zero attached hydrogens (tertiary/aromatic N) is 2. The summed E-state index contributed by atoms with van der Waals surface area (Å²) in [5.41, 5.74) is 0.415. The first-order valence-corrected chi connectivity index (χ1v) is 7.77. The molecule has 22 heavy (non-hydrogen) atoms. The van der Waals surface area contributed by atoms with E-state index in [0.717, 1.165) is 17.8 Å². The zero-order valence-corrected chi connectivity index (χ0v) is 13.5. The van der Waals surface area contributed by atoms with E-state index in [9.17, 15) is 14.4 Å². The lowest BCUT2D eigenvalue weighted by Gasteiger charge is -2.05. The van der Waals surface area contributed by atoms with Crippen molar-refractivity contribution in [1.82, 2.24) is 20.2 Å². The molecule has 0 radical (unpaired) electrons. The standard InChI is InChI=1S/C14H18N4O3S/c1-4-5-15-9(19)6-16-12(20)11-8(2)10-13(22-11)17-7-18(3)14(10)21/h7H,4-6H2,1-3H3,(H,15,19)(H,16,20). The van der Waals surface area contributed by atoms with E-state index >= 15 is 0 Å². The number of aryl methyl sites for hydroxylation is 2. The minimum Gasteiger partial charge on any atom is -0.355 e. The van der Waals surface area contributed by atoms with E-state index in [1.165, 1.54) is 10.9 Å². The summed E-state index contributed by atoms with van der Waals surface area (Å²) in [4.78, 5) is 40.9. The van der Waals surface area contributed by atoms with Gasteiger partial charge in [0.1, 0.15) is 4.83 Å². The first-order chi connectivity index (χ1) is 10.5. The molecule has 0 bridgehead atoms. The van der Waals surface area contributed by atoms with Crippen LogP contribution in [0.4, 0.5) is 0 Å². The van der Waals surface area contributed by atoms with Gasteiger partial charge in [0.15, 0.2) is 0 Å². The van der Waals surface area contributed by atoms with Gasteiger partial charge < -0.3 is 15.2 Å². The van der Waals surface area contributed by atoms with Crippen LogP contribution in [-0.2, 0) is 11.8 Å². The SMILES string of the molecule is CCCNC(=O)CNC(=O)c1sc2ncn(C)c(=O)c2c1C. The van der Waals surface area contributed by atoms with Gasteiger partial charge in [-0.05, 0) is 18.9 Å². The molecule has 0 saturated heterocycles. The minimum atomic E-state index is -0.366. The number of fused-ring (bicyclic) bond motifs is 1. The van der Waals surface area contributed by atoms with Crippen LogP contribution in [0.25, 0.3) is 10.2 Å². The molecule has 0 aliphatic rings. The van der Waals surface area contributed by atoms with Gasteiger partial charge in [0.05, 0.1) is 23.1 Å². The molecule has 2 aromatic heterocycles. The molecule has 0 aromatic carbocycles. The summed E-state index contributed by atoms with van der Waals surface area (Å²) < 4.78 is 1.38. The van der Waals surface area contributed by atoms with Gasteiger partial charge in [-0.3, -0.25) is 14.4 Å². The predicted molar refractivity (Wildman–Crippen MR) is 85.2 cm³/mol. The lowest BCUT2D eigenvalue weighted by molar-refractivity contribution is -0.120. The zero-order chi connectivity index (χ0) is 16.3. The molecule has 2 rings (SSSR count). The molecule has 7 nitrogen and oxygen atoms in total. The number of thiophene rings is 1. The number of hydrogen-bond donors (Lipinski definition) is 2. The van der Waals surface area contributed by atoms with E-state index < -0.39 is 0 Å². The third-order valence-corrected chi connectivity index (χ3v) is 4.40. The summed E-state index contributed by atoms with van der Waals surface area (Å²) in [6, 6.07) is 0. The highest BCUT2D eigenvalue weighted by molar-refractivity contribution is 7.20. The number of aromatic nitrogens is 2. The van der Waals surface area contributed by atoms with Gasteiger partial charge in [-0.15, -0.1) is 11.3 Å². The molecule has 2 amide bonds. The van der Waals surface area contributed by atoms with Crippen LogP contribution in [0.1, 0.15) is 28.6 Å². The second kappa shape index (κ2) is 6.69. The molecule has 0 aliphatic heterocycles. The number of carbonyl (C=O) groups excluding carboxylic acids is 2. The lowest BCUT2D eigenvalue weighted by Crippen LogP contribution is -2.37. The smallest absolute Gasteiger partial charge is 0.262 e. The maximum absolute atomic E-state index is 12.2. The first kappa shape index (κ1) is 16.2. The molecule has 0 aliphatic carbocycles. The Kier molecular flexibility index (Phi) is 4.92. The van der Waals surface area contributed by atoms with Crippen LogP contribution in [0.2, 0.25) is 0 Å². The molecule has 0 spiro atoms. The van der Waals surface area contributed by atoms with Crippen LogP contribution in [0.3, 0.4) is 0 Å². The van der Waals surface area contributed by atoms with Gasteiger partial charge in [0, 0.05) is 13.6 Å². The Morgan fingerprint density at radius 3 is 2.77 bits per heavy atom. The van der Waals surface area contributed by atoms with Crippen molar-refractivity contribution in [3.63, 3.8) is 0 Å². The van der Waals surface area contributed by atoms with E-state index in [1.807, 2.05) is 6.92 Å². The fraction of sp³-hybridized carbons (Fsp3) is 0.429. The van der Waals surface area contributed by atoms with Crippen molar-refractivity contribution < 1.29 is 9.59 Å². The fourth-order valence-electron chi connectivity index (χ4n) is 1.99. The van der Waals surface area contributed by atoms with Crippen LogP contribution in [-0.4, -0.2) is 34.5 Å². The Hall–Kier alpha value is -2.22. The van der Waals surface area contributed by atoms with Gasteiger partial charge in [-0.2, -0.15) is 0 Å². The Labute approximate surface area is 131 Å². The Morgan fingerprint density at radius 2 is 2.09 bits per heavy atom. The summed E-state index contributed by atoms with van der Waals surface area (Å²) in [7, 11) is 1.61. The summed E-state index contributed by atoms with van der Waals surface area (Å²) in [6.45, 7) is 4.16. The third-order valence-electron chi connectivity index (χ3n) is 3.20. The number of carbonyl (C=O) groups is 2. The molecule has 2 aromatic rings. The maximum atomic E-state index is 12.2. The monoisotopic (exact) mass is 322 g/mol. The molecular weight excluding hydrogens is 304 g/mol. The van der Waals surface area contributed by atoms with Crippen molar-refractivity contribution in [1.29, 1.82) is 0 Å². The average Bonchev–Trinajstić information content (AvgIpc) is 2.84. The second-order valence-electron chi connectivity index (χ2n) is 4.93. The molecule has 2 heterocycles. The molecule has 8 heteroatoms. The number of nitrogens with one attached hydrogen (secondary N) is 2. The van der Waals surface area contributed by atoms with Crippen LogP contribution in [0.15, 0.2) is 11.1 Å². The van der Waals surface area contributed by atoms with Gasteiger partial charge in [0.25, 0.3) is 11.5 Å². The van der Waals surface area contributed by atoms with Crippen molar-refractivity contribution in [2.45, 2.75) is 20.3 Å². The van der Waals surface area contributed by atoms with Gasteiger partial charge >= 0.3 is 0 Å². The van der Waals surface area contributed by atoms with E-state index in [1.54, 1.807) is 14.0 Å². The minimum absolute atomic E-state index is 0.0854. The summed E-state index contributed by atoms with van der Waals surface area (Å²) in [5, 5.41) is 5.70. The maximum Gasteiger partial charge on any atom is 0.262 e. The van der Waals surface area contributed by atoms with Crippen LogP contribution < -0.4 is 16.2 Å². The topological polar surface area (TPSA) is 93.1 Å². The normalized spacial score (nSPS) is 10.7. The van der Waals surface area contributed by atoms with Crippen LogP contribution in [0.5, 0.6) is 0 Å². The highest BCUT2D eigenvalue weighted by Gasteiger charge is 2.19. The van der Waals surface area contributed by atoms with Crippen LogP contribution >= 0.6 is 11.3 Å².